The van der Waals surface area contributed by atoms with Crippen LogP contribution in [0.4, 0.5) is 10.1 Å². The number of nitrogen functional groups attached to an aromatic ring is 1. The predicted molar refractivity (Wildman–Crippen MR) is 143 cm³/mol. The number of ether oxygens (including phenoxy) is 3. The molecule has 1 aliphatic rings. The molecule has 2 aromatic heterocycles. The summed E-state index contributed by atoms with van der Waals surface area (Å²) in [6.45, 7) is 1.81. The second-order valence-electron chi connectivity index (χ2n) is 9.00. The summed E-state index contributed by atoms with van der Waals surface area (Å²) < 4.78 is 32.1. The average Bonchev–Trinajstić information content (AvgIpc) is 3.31. The summed E-state index contributed by atoms with van der Waals surface area (Å²) >= 11 is 0. The van der Waals surface area contributed by atoms with Crippen molar-refractivity contribution in [1.82, 2.24) is 19.7 Å². The van der Waals surface area contributed by atoms with E-state index in [2.05, 4.69) is 20.4 Å². The van der Waals surface area contributed by atoms with Gasteiger partial charge in [-0.15, -0.1) is 5.10 Å². The van der Waals surface area contributed by atoms with Gasteiger partial charge in [-0.3, -0.25) is 15.2 Å². The van der Waals surface area contributed by atoms with E-state index in [1.807, 2.05) is 6.07 Å². The third kappa shape index (κ3) is 5.21. The number of pyridine rings is 1. The molecule has 0 saturated carbocycles. The molecule has 40 heavy (non-hydrogen) atoms. The second kappa shape index (κ2) is 10.9. The Bertz CT molecular complexity index is 1650. The molecule has 0 aliphatic carbocycles. The summed E-state index contributed by atoms with van der Waals surface area (Å²) in [5, 5.41) is 15.5. The van der Waals surface area contributed by atoms with Crippen molar-refractivity contribution in [3.63, 3.8) is 0 Å². The minimum Gasteiger partial charge on any atom is -0.493 e. The maximum atomic E-state index is 14.5. The van der Waals surface area contributed by atoms with Crippen LogP contribution in [-0.4, -0.2) is 45.3 Å². The maximum Gasteiger partial charge on any atom is 0.349 e. The molecular weight excluding hydrogens is 521 g/mol. The molecule has 4 aromatic rings. The lowest BCUT2D eigenvalue weighted by atomic mass is 9.97. The first-order valence-corrected chi connectivity index (χ1v) is 12.3. The second-order valence-corrected chi connectivity index (χ2v) is 9.00. The van der Waals surface area contributed by atoms with Gasteiger partial charge in [0.15, 0.2) is 29.0 Å². The fourth-order valence-electron chi connectivity index (χ4n) is 4.49. The number of esters is 1. The lowest BCUT2D eigenvalue weighted by Gasteiger charge is -2.24. The number of anilines is 1. The summed E-state index contributed by atoms with van der Waals surface area (Å²) in [7, 11) is 1.53. The van der Waals surface area contributed by atoms with E-state index in [1.54, 1.807) is 12.1 Å². The number of carbonyl (C=O) groups excluding carboxylic acids is 1. The van der Waals surface area contributed by atoms with Gasteiger partial charge in [-0.05, 0) is 60.4 Å². The highest BCUT2D eigenvalue weighted by molar-refractivity contribution is 5.98. The minimum absolute atomic E-state index is 0.0785. The number of aromatic nitrogens is 4. The van der Waals surface area contributed by atoms with E-state index < -0.39 is 23.5 Å². The number of hydrogen-bond donors (Lipinski definition) is 4. The zero-order valence-electron chi connectivity index (χ0n) is 21.7. The highest BCUT2D eigenvalue weighted by atomic mass is 19.1. The molecule has 0 unspecified atom stereocenters. The monoisotopic (exact) mass is 547 g/mol. The van der Waals surface area contributed by atoms with Gasteiger partial charge in [-0.1, -0.05) is 0 Å². The number of carbonyl (C=O) groups is 1. The molecule has 5 N–H and O–H groups in total. The SMILES string of the molecule is COc1cc([C@H](Nc2ccc(C(=N)N)c(OC(C)=O)c2)c2nn(-c3ncccc3F)c(=O)[nH]2)cc2c1OCCC2. The van der Waals surface area contributed by atoms with Crippen molar-refractivity contribution in [3.8, 4) is 23.1 Å². The molecule has 0 fully saturated rings. The van der Waals surface area contributed by atoms with Gasteiger partial charge in [0.05, 0.1) is 19.3 Å². The average molecular weight is 548 g/mol. The standard InChI is InChI=1S/C27H26FN7O5/c1-14(36)40-20-13-17(7-8-18(20)24(29)30)32-22(16-11-15-5-4-10-39-23(15)21(12-16)38-2)25-33-27(37)35(34-25)26-19(28)6-3-9-31-26/h3,6-9,11-13,22,32H,4-5,10H2,1-2H3,(H3,29,30)(H,33,34,37)/t22-/m0/s1. The van der Waals surface area contributed by atoms with Gasteiger partial charge in [0.2, 0.25) is 0 Å². The first-order valence-electron chi connectivity index (χ1n) is 12.3. The number of halogens is 1. The quantitative estimate of drug-likeness (QED) is 0.112. The van der Waals surface area contributed by atoms with Gasteiger partial charge in [0, 0.05) is 24.9 Å². The van der Waals surface area contributed by atoms with Gasteiger partial charge in [0.25, 0.3) is 0 Å². The first kappa shape index (κ1) is 26.4. The van der Waals surface area contributed by atoms with E-state index in [0.717, 1.165) is 23.1 Å². The van der Waals surface area contributed by atoms with Crippen LogP contribution in [0.15, 0.2) is 53.5 Å². The zero-order valence-corrected chi connectivity index (χ0v) is 21.7. The molecular formula is C27H26FN7O5. The van der Waals surface area contributed by atoms with Gasteiger partial charge in [0.1, 0.15) is 17.6 Å². The van der Waals surface area contributed by atoms with Crippen molar-refractivity contribution in [3.05, 3.63) is 87.5 Å². The lowest BCUT2D eigenvalue weighted by Crippen LogP contribution is -2.18. The number of amidine groups is 1. The molecule has 206 valence electrons. The highest BCUT2D eigenvalue weighted by Crippen LogP contribution is 2.39. The van der Waals surface area contributed by atoms with E-state index in [1.165, 1.54) is 44.5 Å². The Balaban J connectivity index is 1.64. The number of aromatic amines is 1. The number of hydrogen-bond acceptors (Lipinski definition) is 9. The molecule has 0 amide bonds. The number of fused-ring (bicyclic) bond motifs is 1. The first-order chi connectivity index (χ1) is 19.2. The molecule has 0 radical (unpaired) electrons. The fraction of sp³-hybridized carbons (Fsp3) is 0.222. The van der Waals surface area contributed by atoms with E-state index in [-0.39, 0.29) is 28.8 Å². The van der Waals surface area contributed by atoms with Crippen LogP contribution in [-0.2, 0) is 11.2 Å². The predicted octanol–water partition coefficient (Wildman–Crippen LogP) is 2.84. The van der Waals surface area contributed by atoms with Gasteiger partial charge >= 0.3 is 11.7 Å². The Morgan fingerprint density at radius 2 is 2.10 bits per heavy atom. The third-order valence-electron chi connectivity index (χ3n) is 6.23. The molecule has 12 nitrogen and oxygen atoms in total. The summed E-state index contributed by atoms with van der Waals surface area (Å²) in [6.07, 6.45) is 2.93. The lowest BCUT2D eigenvalue weighted by molar-refractivity contribution is -0.131. The third-order valence-corrected chi connectivity index (χ3v) is 6.23. The fourth-order valence-corrected chi connectivity index (χ4v) is 4.49. The van der Waals surface area contributed by atoms with Crippen molar-refractivity contribution in [2.75, 3.05) is 19.0 Å². The molecule has 0 saturated heterocycles. The van der Waals surface area contributed by atoms with E-state index >= 15 is 0 Å². The summed E-state index contributed by atoms with van der Waals surface area (Å²) in [4.78, 5) is 31.3. The largest absolute Gasteiger partial charge is 0.493 e. The Hall–Kier alpha value is -5.20. The Morgan fingerprint density at radius 1 is 1.27 bits per heavy atom. The van der Waals surface area contributed by atoms with Gasteiger partial charge < -0.3 is 25.3 Å². The van der Waals surface area contributed by atoms with Crippen LogP contribution in [0.2, 0.25) is 0 Å². The van der Waals surface area contributed by atoms with Crippen molar-refractivity contribution in [2.24, 2.45) is 5.73 Å². The van der Waals surface area contributed by atoms with Crippen LogP contribution in [0.1, 0.15) is 41.9 Å². The van der Waals surface area contributed by atoms with Crippen molar-refractivity contribution in [1.29, 1.82) is 5.41 Å². The van der Waals surface area contributed by atoms with Gasteiger partial charge in [-0.2, -0.15) is 4.68 Å². The molecule has 0 bridgehead atoms. The highest BCUT2D eigenvalue weighted by Gasteiger charge is 2.26. The smallest absolute Gasteiger partial charge is 0.349 e. The summed E-state index contributed by atoms with van der Waals surface area (Å²) in [5.74, 6) is -0.458. The number of rotatable bonds is 8. The maximum absolute atomic E-state index is 14.5. The van der Waals surface area contributed by atoms with Crippen LogP contribution >= 0.6 is 0 Å². The molecule has 13 heteroatoms. The van der Waals surface area contributed by atoms with Crippen LogP contribution in [0.5, 0.6) is 17.2 Å². The van der Waals surface area contributed by atoms with E-state index in [4.69, 9.17) is 25.4 Å². The summed E-state index contributed by atoms with van der Waals surface area (Å²) in [6, 6.07) is 10.2. The Labute approximate surface area is 227 Å². The topological polar surface area (TPSA) is 170 Å². The number of H-pyrrole nitrogens is 1. The Kier molecular flexibility index (Phi) is 7.19. The van der Waals surface area contributed by atoms with Crippen LogP contribution in [0.3, 0.4) is 0 Å². The number of nitrogens with two attached hydrogens (primary N) is 1. The Morgan fingerprint density at radius 3 is 2.83 bits per heavy atom. The van der Waals surface area contributed by atoms with Crippen molar-refractivity contribution in [2.45, 2.75) is 25.8 Å². The molecule has 3 heterocycles. The minimum atomic E-state index is -0.796. The molecule has 1 aliphatic heterocycles. The molecule has 5 rings (SSSR count). The zero-order chi connectivity index (χ0) is 28.4. The number of methoxy groups -OCH3 is 1. The van der Waals surface area contributed by atoms with E-state index in [9.17, 15) is 14.0 Å². The molecule has 2 aromatic carbocycles. The number of benzene rings is 2. The van der Waals surface area contributed by atoms with Gasteiger partial charge in [-0.25, -0.2) is 14.2 Å². The van der Waals surface area contributed by atoms with Crippen LogP contribution < -0.4 is 31.0 Å². The number of aryl methyl sites for hydroxylation is 1. The molecule has 0 spiro atoms. The van der Waals surface area contributed by atoms with Crippen LogP contribution in [0, 0.1) is 11.2 Å². The normalized spacial score (nSPS) is 13.1. The van der Waals surface area contributed by atoms with E-state index in [0.29, 0.717) is 29.4 Å². The number of nitrogens with zero attached hydrogens (tertiary/aromatic N) is 3. The molecule has 1 atom stereocenters. The van der Waals surface area contributed by atoms with Crippen LogP contribution in [0.25, 0.3) is 5.82 Å². The van der Waals surface area contributed by atoms with Crippen molar-refractivity contribution < 1.29 is 23.4 Å². The van der Waals surface area contributed by atoms with Crippen molar-refractivity contribution >= 4 is 17.5 Å². The summed E-state index contributed by atoms with van der Waals surface area (Å²) in [5.41, 5.74) is 7.23. The number of nitrogens with one attached hydrogen (secondary N) is 3.